The van der Waals surface area contributed by atoms with Crippen molar-refractivity contribution < 1.29 is 20.3 Å². The summed E-state index contributed by atoms with van der Waals surface area (Å²) in [6, 6.07) is 0. The molecule has 3 fully saturated rings. The fourth-order valence-corrected chi connectivity index (χ4v) is 37.6. The first-order valence-corrected chi connectivity index (χ1v) is 21.0. The summed E-state index contributed by atoms with van der Waals surface area (Å²) in [4.78, 5) is 0. The van der Waals surface area contributed by atoms with Gasteiger partial charge in [0.25, 0.3) is 0 Å². The van der Waals surface area contributed by atoms with Crippen molar-refractivity contribution in [2.75, 3.05) is 0 Å². The Morgan fingerprint density at radius 3 is 1.58 bits per heavy atom. The SMILES string of the molecule is C[Si]1(C)C2CC3C=CC=CC3[CH]2[Zr]([CH3])([CH3])[CH]2C3C=CC=CC3CC21. The van der Waals surface area contributed by atoms with Gasteiger partial charge in [-0.3, -0.25) is 0 Å². The number of allylic oxidation sites excluding steroid dienone is 8. The van der Waals surface area contributed by atoms with Crippen molar-refractivity contribution in [1.82, 2.24) is 0 Å². The van der Waals surface area contributed by atoms with Crippen molar-refractivity contribution in [2.45, 2.75) is 53.5 Å². The Morgan fingerprint density at radius 1 is 0.708 bits per heavy atom. The van der Waals surface area contributed by atoms with Crippen molar-refractivity contribution >= 4 is 8.07 Å². The topological polar surface area (TPSA) is 0 Å². The zero-order valence-corrected chi connectivity index (χ0v) is 19.1. The van der Waals surface area contributed by atoms with Crippen molar-refractivity contribution in [3.05, 3.63) is 48.6 Å². The standard InChI is InChI=1S/C20H26Si.2CH3.Zr/c1-21(2,19-11-15-7-3-4-8-16(15)12-19)20-13-17-9-5-6-10-18(17)14-20;;;/h3-11,13,15-20H,12,14H2,1-2H3;2*1H3;. The van der Waals surface area contributed by atoms with E-state index in [1.165, 1.54) is 12.8 Å². The van der Waals surface area contributed by atoms with E-state index in [1.807, 2.05) is 0 Å². The molecule has 0 spiro atoms. The predicted molar refractivity (Wildman–Crippen MR) is 104 cm³/mol. The van der Waals surface area contributed by atoms with E-state index in [0.717, 1.165) is 42.0 Å². The van der Waals surface area contributed by atoms with Crippen LogP contribution in [0, 0.1) is 23.7 Å². The quantitative estimate of drug-likeness (QED) is 0.382. The van der Waals surface area contributed by atoms with Gasteiger partial charge in [0.05, 0.1) is 0 Å². The molecule has 4 aliphatic carbocycles. The van der Waals surface area contributed by atoms with Crippen LogP contribution in [0.1, 0.15) is 12.8 Å². The molecule has 0 bridgehead atoms. The van der Waals surface area contributed by atoms with E-state index in [1.54, 1.807) is 0 Å². The summed E-state index contributed by atoms with van der Waals surface area (Å²) in [6.45, 7) is 5.58. The van der Waals surface area contributed by atoms with Crippen LogP contribution in [0.4, 0.5) is 0 Å². The van der Waals surface area contributed by atoms with E-state index in [4.69, 9.17) is 0 Å². The van der Waals surface area contributed by atoms with Crippen LogP contribution in [0.15, 0.2) is 48.6 Å². The average molecular weight is 416 g/mol. The minimum absolute atomic E-state index is 0.879. The normalized spacial score (nSPS) is 51.8. The summed E-state index contributed by atoms with van der Waals surface area (Å²) in [5.41, 5.74) is 2.22. The van der Waals surface area contributed by atoms with E-state index in [-0.39, 0.29) is 0 Å². The molecule has 0 aromatic carbocycles. The summed E-state index contributed by atoms with van der Waals surface area (Å²) in [6.07, 6.45) is 22.8. The Bertz CT molecular complexity index is 613. The maximum atomic E-state index is 2.86. The molecule has 1 saturated heterocycles. The van der Waals surface area contributed by atoms with Crippen molar-refractivity contribution in [1.29, 1.82) is 0 Å². The number of hydrogen-bond acceptors (Lipinski definition) is 0. The third kappa shape index (κ3) is 1.99. The summed E-state index contributed by atoms with van der Waals surface area (Å²) in [5, 5.41) is 0. The molecular weight excluding hydrogens is 384 g/mol. The van der Waals surface area contributed by atoms with Crippen LogP contribution in [0.25, 0.3) is 0 Å². The van der Waals surface area contributed by atoms with Gasteiger partial charge in [0, 0.05) is 0 Å². The molecule has 0 aromatic heterocycles. The van der Waals surface area contributed by atoms with Crippen LogP contribution in [0.5, 0.6) is 0 Å². The second-order valence-corrected chi connectivity index (χ2v) is 27.8. The molecule has 128 valence electrons. The van der Waals surface area contributed by atoms with Crippen LogP contribution in [0.2, 0.25) is 40.7 Å². The van der Waals surface area contributed by atoms with Crippen LogP contribution in [0.3, 0.4) is 0 Å². The van der Waals surface area contributed by atoms with Crippen molar-refractivity contribution in [2.24, 2.45) is 23.7 Å². The number of fused-ring (bicyclic) bond motifs is 6. The Morgan fingerprint density at radius 2 is 1.12 bits per heavy atom. The molecule has 5 aliphatic rings. The molecule has 0 nitrogen and oxygen atoms in total. The molecule has 0 radical (unpaired) electrons. The van der Waals surface area contributed by atoms with Crippen LogP contribution >= 0.6 is 0 Å². The molecule has 0 amide bonds. The molecule has 1 aliphatic heterocycles. The third-order valence-electron chi connectivity index (χ3n) is 8.97. The van der Waals surface area contributed by atoms with Gasteiger partial charge in [-0.1, -0.05) is 0 Å². The number of rotatable bonds is 0. The minimum atomic E-state index is -2.20. The predicted octanol–water partition coefficient (Wildman–Crippen LogP) is 6.80. The van der Waals surface area contributed by atoms with Gasteiger partial charge >= 0.3 is 154 Å². The van der Waals surface area contributed by atoms with Gasteiger partial charge < -0.3 is 0 Å². The van der Waals surface area contributed by atoms with E-state index >= 15 is 0 Å². The molecule has 24 heavy (non-hydrogen) atoms. The monoisotopic (exact) mass is 414 g/mol. The third-order valence-corrected chi connectivity index (χ3v) is 27.9. The van der Waals surface area contributed by atoms with Crippen LogP contribution in [-0.2, 0) is 20.3 Å². The van der Waals surface area contributed by atoms with Crippen molar-refractivity contribution in [3.8, 4) is 0 Å². The summed E-state index contributed by atoms with van der Waals surface area (Å²) >= 11 is -2.20. The first kappa shape index (κ1) is 16.2. The second-order valence-electron chi connectivity index (χ2n) is 10.4. The van der Waals surface area contributed by atoms with Crippen LogP contribution in [-0.4, -0.2) is 8.07 Å². The van der Waals surface area contributed by atoms with Crippen molar-refractivity contribution in [3.63, 3.8) is 0 Å². The van der Waals surface area contributed by atoms with E-state index in [2.05, 4.69) is 71.0 Å². The molecule has 5 rings (SSSR count). The van der Waals surface area contributed by atoms with Gasteiger partial charge in [-0.25, -0.2) is 0 Å². The van der Waals surface area contributed by atoms with Gasteiger partial charge in [0.2, 0.25) is 0 Å². The first-order valence-electron chi connectivity index (χ1n) is 10.1. The van der Waals surface area contributed by atoms with E-state index in [0.29, 0.717) is 0 Å². The molecule has 0 aromatic rings. The Balaban J connectivity index is 1.62. The molecule has 1 heterocycles. The van der Waals surface area contributed by atoms with E-state index < -0.39 is 28.3 Å². The Kier molecular flexibility index (Phi) is 3.58. The molecule has 8 unspecified atom stereocenters. The van der Waals surface area contributed by atoms with Gasteiger partial charge in [-0.05, 0) is 0 Å². The first-order chi connectivity index (χ1) is 11.4. The zero-order chi connectivity index (χ0) is 16.7. The average Bonchev–Trinajstić information content (AvgIpc) is 3.14. The summed E-state index contributed by atoms with van der Waals surface area (Å²) in [7, 11) is -1.20. The summed E-state index contributed by atoms with van der Waals surface area (Å²) in [5.74, 6) is 3.56. The fraction of sp³-hybridized carbons (Fsp3) is 0.636. The van der Waals surface area contributed by atoms with E-state index in [9.17, 15) is 0 Å². The second kappa shape index (κ2) is 5.29. The molecule has 8 atom stereocenters. The number of hydrogen-bond donors (Lipinski definition) is 0. The van der Waals surface area contributed by atoms with Gasteiger partial charge in [0.1, 0.15) is 0 Å². The molecular formula is C22H32SiZr. The molecule has 0 N–H and O–H groups in total. The summed E-state index contributed by atoms with van der Waals surface area (Å²) < 4.78 is 7.95. The Labute approximate surface area is 153 Å². The fourth-order valence-electron chi connectivity index (χ4n) is 8.06. The van der Waals surface area contributed by atoms with Gasteiger partial charge in [-0.2, -0.15) is 0 Å². The van der Waals surface area contributed by atoms with Gasteiger partial charge in [-0.15, -0.1) is 0 Å². The molecule has 2 heteroatoms. The maximum absolute atomic E-state index is 2.86. The van der Waals surface area contributed by atoms with Crippen LogP contribution < -0.4 is 0 Å². The van der Waals surface area contributed by atoms with Gasteiger partial charge in [0.15, 0.2) is 0 Å². The zero-order valence-electron chi connectivity index (χ0n) is 15.7. The Hall–Kier alpha value is 0.0600. The molecule has 2 saturated carbocycles.